The average molecular weight is 346 g/mol. The second-order valence-electron chi connectivity index (χ2n) is 4.27. The summed E-state index contributed by atoms with van der Waals surface area (Å²) >= 11 is 5.10. The molecule has 0 fully saturated rings. The highest BCUT2D eigenvalue weighted by atomic mass is 79.9. The van der Waals surface area contributed by atoms with Crippen LogP contribution in [0.2, 0.25) is 0 Å². The summed E-state index contributed by atoms with van der Waals surface area (Å²) in [5, 5.41) is 3.21. The predicted molar refractivity (Wildman–Crippen MR) is 78.5 cm³/mol. The fourth-order valence-electron chi connectivity index (χ4n) is 1.86. The minimum absolute atomic E-state index is 0.209. The van der Waals surface area contributed by atoms with E-state index in [0.29, 0.717) is 5.56 Å². The molecular weight excluding hydrogens is 332 g/mol. The Morgan fingerprint density at radius 1 is 1.26 bits per heavy atom. The number of hydrogen-bond acceptors (Lipinski definition) is 2. The molecule has 2 rings (SSSR count). The first-order chi connectivity index (χ1) is 9.08. The lowest BCUT2D eigenvalue weighted by molar-refractivity contribution is 0.474. The molecule has 5 heteroatoms. The van der Waals surface area contributed by atoms with Gasteiger partial charge in [0.05, 0.1) is 3.79 Å². The molecule has 0 bridgehead atoms. The Kier molecular flexibility index (Phi) is 5.07. The van der Waals surface area contributed by atoms with Gasteiger partial charge in [-0.1, -0.05) is 12.1 Å². The van der Waals surface area contributed by atoms with Crippen molar-refractivity contribution in [1.82, 2.24) is 5.32 Å². The van der Waals surface area contributed by atoms with Gasteiger partial charge in [-0.05, 0) is 47.5 Å². The quantitative estimate of drug-likeness (QED) is 0.829. The van der Waals surface area contributed by atoms with Crippen LogP contribution in [0.1, 0.15) is 23.4 Å². The molecule has 0 spiro atoms. The van der Waals surface area contributed by atoms with E-state index in [1.165, 1.54) is 10.9 Å². The van der Waals surface area contributed by atoms with Gasteiger partial charge in [0.15, 0.2) is 11.6 Å². The predicted octanol–water partition coefficient (Wildman–Crippen LogP) is 4.68. The number of hydrogen-bond donors (Lipinski definition) is 1. The maximum atomic E-state index is 13.6. The number of rotatable bonds is 5. The third-order valence-corrected chi connectivity index (χ3v) is 4.58. The Balaban J connectivity index is 1.90. The zero-order valence-electron chi connectivity index (χ0n) is 10.4. The van der Waals surface area contributed by atoms with E-state index in [1.807, 2.05) is 13.0 Å². The second-order valence-corrected chi connectivity index (χ2v) is 6.82. The first-order valence-electron chi connectivity index (χ1n) is 5.99. The molecule has 2 aromatic rings. The van der Waals surface area contributed by atoms with E-state index in [9.17, 15) is 8.78 Å². The first kappa shape index (κ1) is 14.6. The van der Waals surface area contributed by atoms with Gasteiger partial charge < -0.3 is 5.32 Å². The monoisotopic (exact) mass is 345 g/mol. The third-order valence-electron chi connectivity index (χ3n) is 2.90. The van der Waals surface area contributed by atoms with Gasteiger partial charge >= 0.3 is 0 Å². The van der Waals surface area contributed by atoms with Crippen LogP contribution in [0.5, 0.6) is 0 Å². The van der Waals surface area contributed by atoms with Crippen molar-refractivity contribution in [2.24, 2.45) is 0 Å². The van der Waals surface area contributed by atoms with Gasteiger partial charge in [-0.25, -0.2) is 8.78 Å². The summed E-state index contributed by atoms with van der Waals surface area (Å²) in [6, 6.07) is 8.13. The van der Waals surface area contributed by atoms with Crippen LogP contribution in [0.25, 0.3) is 0 Å². The molecular formula is C14H14BrF2NS. The van der Waals surface area contributed by atoms with Crippen molar-refractivity contribution in [2.75, 3.05) is 6.54 Å². The minimum Gasteiger partial charge on any atom is -0.310 e. The molecule has 1 N–H and O–H groups in total. The van der Waals surface area contributed by atoms with Crippen molar-refractivity contribution in [3.8, 4) is 0 Å². The van der Waals surface area contributed by atoms with Crippen molar-refractivity contribution in [3.05, 3.63) is 56.2 Å². The molecule has 0 aliphatic heterocycles. The summed E-state index contributed by atoms with van der Waals surface area (Å²) in [6.45, 7) is 2.56. The fraction of sp³-hybridized carbons (Fsp3) is 0.286. The van der Waals surface area contributed by atoms with Crippen LogP contribution in [-0.2, 0) is 6.42 Å². The van der Waals surface area contributed by atoms with Crippen molar-refractivity contribution < 1.29 is 8.78 Å². The Labute approximate surface area is 123 Å². The smallest absolute Gasteiger partial charge is 0.163 e. The zero-order valence-corrected chi connectivity index (χ0v) is 12.8. The summed E-state index contributed by atoms with van der Waals surface area (Å²) in [7, 11) is 0. The van der Waals surface area contributed by atoms with Gasteiger partial charge in [0.2, 0.25) is 0 Å². The molecule has 1 unspecified atom stereocenters. The number of nitrogens with one attached hydrogen (secondary N) is 1. The van der Waals surface area contributed by atoms with E-state index < -0.39 is 11.6 Å². The summed E-state index contributed by atoms with van der Waals surface area (Å²) in [5.41, 5.74) is 0.368. The minimum atomic E-state index is -0.798. The summed E-state index contributed by atoms with van der Waals surface area (Å²) in [5.74, 6) is -1.56. The van der Waals surface area contributed by atoms with Gasteiger partial charge in [-0.15, -0.1) is 11.3 Å². The summed E-state index contributed by atoms with van der Waals surface area (Å²) < 4.78 is 27.8. The Morgan fingerprint density at radius 2 is 2.05 bits per heavy atom. The Hall–Kier alpha value is -0.780. The molecule has 1 nitrogen and oxygen atoms in total. The van der Waals surface area contributed by atoms with Gasteiger partial charge in [0.25, 0.3) is 0 Å². The molecule has 0 aliphatic rings. The van der Waals surface area contributed by atoms with Crippen molar-refractivity contribution in [1.29, 1.82) is 0 Å². The van der Waals surface area contributed by atoms with Gasteiger partial charge in [0.1, 0.15) is 0 Å². The first-order valence-corrected chi connectivity index (χ1v) is 7.60. The van der Waals surface area contributed by atoms with E-state index in [1.54, 1.807) is 17.4 Å². The van der Waals surface area contributed by atoms with Crippen molar-refractivity contribution >= 4 is 27.3 Å². The lowest BCUT2D eigenvalue weighted by Crippen LogP contribution is -2.22. The van der Waals surface area contributed by atoms with Crippen molar-refractivity contribution in [3.63, 3.8) is 0 Å². The van der Waals surface area contributed by atoms with Crippen LogP contribution in [0.15, 0.2) is 34.1 Å². The molecule has 1 heterocycles. The van der Waals surface area contributed by atoms with Gasteiger partial charge in [-0.2, -0.15) is 0 Å². The topological polar surface area (TPSA) is 12.0 Å². The molecule has 0 saturated heterocycles. The maximum Gasteiger partial charge on any atom is 0.163 e. The van der Waals surface area contributed by atoms with Gasteiger partial charge in [0, 0.05) is 23.0 Å². The zero-order chi connectivity index (χ0) is 13.8. The highest BCUT2D eigenvalue weighted by Gasteiger charge is 2.13. The molecule has 102 valence electrons. The highest BCUT2D eigenvalue weighted by Crippen LogP contribution is 2.23. The molecule has 0 amide bonds. The van der Waals surface area contributed by atoms with Crippen LogP contribution < -0.4 is 5.32 Å². The summed E-state index contributed by atoms with van der Waals surface area (Å²) in [6.07, 6.45) is 0.873. The SMILES string of the molecule is CC(NCCc1ccc(Br)s1)c1cccc(F)c1F. The fourth-order valence-corrected chi connectivity index (χ4v) is 3.35. The number of thiophene rings is 1. The van der Waals surface area contributed by atoms with E-state index in [-0.39, 0.29) is 6.04 Å². The molecule has 1 atom stereocenters. The standard InChI is InChI=1S/C14H14BrF2NS/c1-9(11-3-2-4-12(16)14(11)17)18-8-7-10-5-6-13(15)19-10/h2-6,9,18H,7-8H2,1H3. The van der Waals surface area contributed by atoms with Crippen LogP contribution >= 0.6 is 27.3 Å². The number of benzene rings is 1. The van der Waals surface area contributed by atoms with E-state index >= 15 is 0 Å². The van der Waals surface area contributed by atoms with Gasteiger partial charge in [-0.3, -0.25) is 0 Å². The van der Waals surface area contributed by atoms with E-state index in [2.05, 4.69) is 27.3 Å². The van der Waals surface area contributed by atoms with Crippen LogP contribution in [-0.4, -0.2) is 6.54 Å². The molecule has 0 saturated carbocycles. The van der Waals surface area contributed by atoms with Crippen LogP contribution in [0, 0.1) is 11.6 Å². The second kappa shape index (κ2) is 6.59. The van der Waals surface area contributed by atoms with E-state index in [4.69, 9.17) is 0 Å². The lowest BCUT2D eigenvalue weighted by atomic mass is 10.1. The number of halogens is 3. The molecule has 1 aromatic heterocycles. The largest absolute Gasteiger partial charge is 0.310 e. The lowest BCUT2D eigenvalue weighted by Gasteiger charge is -2.14. The highest BCUT2D eigenvalue weighted by molar-refractivity contribution is 9.11. The average Bonchev–Trinajstić information content (AvgIpc) is 2.78. The molecule has 0 aliphatic carbocycles. The molecule has 19 heavy (non-hydrogen) atoms. The van der Waals surface area contributed by atoms with Crippen LogP contribution in [0.3, 0.4) is 0 Å². The van der Waals surface area contributed by atoms with Crippen molar-refractivity contribution in [2.45, 2.75) is 19.4 Å². The Bertz CT molecular complexity index is 556. The maximum absolute atomic E-state index is 13.6. The summed E-state index contributed by atoms with van der Waals surface area (Å²) in [4.78, 5) is 1.26. The molecule has 0 radical (unpaired) electrons. The Morgan fingerprint density at radius 3 is 2.74 bits per heavy atom. The van der Waals surface area contributed by atoms with E-state index in [0.717, 1.165) is 22.8 Å². The van der Waals surface area contributed by atoms with Crippen LogP contribution in [0.4, 0.5) is 8.78 Å². The normalized spacial score (nSPS) is 12.6. The molecule has 1 aromatic carbocycles. The third kappa shape index (κ3) is 3.84.